The van der Waals surface area contributed by atoms with Gasteiger partial charge in [-0.2, -0.15) is 0 Å². The smallest absolute Gasteiger partial charge is 0.356 e. The van der Waals surface area contributed by atoms with E-state index < -0.39 is 5.97 Å². The molecule has 0 amide bonds. The van der Waals surface area contributed by atoms with Crippen molar-refractivity contribution >= 4 is 11.7 Å². The number of allylic oxidation sites excluding steroid dienone is 1. The minimum atomic E-state index is -0.561. The second kappa shape index (κ2) is 16.9. The zero-order chi connectivity index (χ0) is 18.8. The first-order chi connectivity index (χ1) is 12.1. The number of nitro groups is 1. The zero-order valence-electron chi connectivity index (χ0n) is 15.3. The highest BCUT2D eigenvalue weighted by atomic mass is 16.6. The van der Waals surface area contributed by atoms with Crippen LogP contribution in [0.4, 0.5) is 0 Å². The lowest BCUT2D eigenvalue weighted by Crippen LogP contribution is -2.17. The summed E-state index contributed by atoms with van der Waals surface area (Å²) in [6, 6.07) is 0. The van der Waals surface area contributed by atoms with Crippen molar-refractivity contribution in [1.29, 1.82) is 0 Å². The van der Waals surface area contributed by atoms with Gasteiger partial charge in [0.2, 0.25) is 6.54 Å². The van der Waals surface area contributed by atoms with E-state index in [4.69, 9.17) is 9.94 Å². The Morgan fingerprint density at radius 2 is 1.68 bits per heavy atom. The average molecular weight is 356 g/mol. The highest BCUT2D eigenvalue weighted by molar-refractivity contribution is 6.36. The minimum Gasteiger partial charge on any atom is -0.457 e. The van der Waals surface area contributed by atoms with E-state index in [2.05, 4.69) is 12.1 Å². The lowest BCUT2D eigenvalue weighted by atomic mass is 10.1. The SMILES string of the molecule is CCCC=CCOC(=O)C(CCCCCCCCCC[N+](=O)[O-])=NO. The predicted molar refractivity (Wildman–Crippen MR) is 97.6 cm³/mol. The van der Waals surface area contributed by atoms with Crippen LogP contribution >= 0.6 is 0 Å². The van der Waals surface area contributed by atoms with Crippen LogP contribution in [-0.2, 0) is 9.53 Å². The van der Waals surface area contributed by atoms with E-state index in [9.17, 15) is 14.9 Å². The molecule has 0 fully saturated rings. The van der Waals surface area contributed by atoms with Crippen LogP contribution in [0.25, 0.3) is 0 Å². The Bertz CT molecular complexity index is 422. The van der Waals surface area contributed by atoms with Gasteiger partial charge in [-0.25, -0.2) is 4.79 Å². The number of ether oxygens (including phenoxy) is 1. The molecule has 0 bridgehead atoms. The summed E-state index contributed by atoms with van der Waals surface area (Å²) in [5.41, 5.74) is 0.0728. The molecule has 0 aliphatic heterocycles. The number of hydrogen-bond acceptors (Lipinski definition) is 6. The Balaban J connectivity index is 3.60. The second-order valence-corrected chi connectivity index (χ2v) is 6.04. The Hall–Kier alpha value is -1.92. The number of esters is 1. The Labute approximate surface area is 150 Å². The molecule has 25 heavy (non-hydrogen) atoms. The van der Waals surface area contributed by atoms with Crippen LogP contribution in [0.1, 0.15) is 77.6 Å². The maximum atomic E-state index is 11.7. The van der Waals surface area contributed by atoms with Crippen molar-refractivity contribution in [1.82, 2.24) is 0 Å². The van der Waals surface area contributed by atoms with Crippen LogP contribution in [0.3, 0.4) is 0 Å². The first-order valence-electron chi connectivity index (χ1n) is 9.26. The van der Waals surface area contributed by atoms with Crippen LogP contribution in [0.2, 0.25) is 0 Å². The van der Waals surface area contributed by atoms with Crippen LogP contribution in [0, 0.1) is 10.1 Å². The van der Waals surface area contributed by atoms with Gasteiger partial charge in [-0.05, 0) is 19.3 Å². The maximum absolute atomic E-state index is 11.7. The molecule has 0 saturated carbocycles. The van der Waals surface area contributed by atoms with Crippen molar-refractivity contribution in [3.8, 4) is 0 Å². The van der Waals surface area contributed by atoms with E-state index >= 15 is 0 Å². The minimum absolute atomic E-state index is 0.0633. The van der Waals surface area contributed by atoms with Gasteiger partial charge in [0.15, 0.2) is 5.71 Å². The van der Waals surface area contributed by atoms with Gasteiger partial charge in [0.1, 0.15) is 6.61 Å². The summed E-state index contributed by atoms with van der Waals surface area (Å²) in [6.07, 6.45) is 13.7. The molecule has 0 spiro atoms. The topological polar surface area (TPSA) is 102 Å². The van der Waals surface area contributed by atoms with Crippen molar-refractivity contribution in [3.63, 3.8) is 0 Å². The zero-order valence-corrected chi connectivity index (χ0v) is 15.3. The standard InChI is InChI=1S/C18H32N2O5/c1-2-3-4-13-16-25-18(21)17(19-22)14-11-9-7-5-6-8-10-12-15-20(23)24/h4,13,22H,2-3,5-12,14-16H2,1H3. The molecular formula is C18H32N2O5. The lowest BCUT2D eigenvalue weighted by Gasteiger charge is -2.05. The highest BCUT2D eigenvalue weighted by Crippen LogP contribution is 2.10. The van der Waals surface area contributed by atoms with E-state index in [1.807, 2.05) is 6.08 Å². The monoisotopic (exact) mass is 356 g/mol. The van der Waals surface area contributed by atoms with Crippen molar-refractivity contribution in [2.24, 2.45) is 5.16 Å². The first kappa shape index (κ1) is 23.1. The van der Waals surface area contributed by atoms with Gasteiger partial charge in [-0.15, -0.1) is 0 Å². The Morgan fingerprint density at radius 3 is 2.24 bits per heavy atom. The van der Waals surface area contributed by atoms with Gasteiger partial charge in [0.05, 0.1) is 0 Å². The third-order valence-electron chi connectivity index (χ3n) is 3.79. The van der Waals surface area contributed by atoms with E-state index in [1.165, 1.54) is 0 Å². The molecule has 0 atom stereocenters. The number of carbonyl (C=O) groups excluding carboxylic acids is 1. The van der Waals surface area contributed by atoms with Crippen LogP contribution in [0.15, 0.2) is 17.3 Å². The Kier molecular flexibility index (Phi) is 15.6. The molecule has 144 valence electrons. The highest BCUT2D eigenvalue weighted by Gasteiger charge is 2.12. The quantitative estimate of drug-likeness (QED) is 0.0834. The first-order valence-corrected chi connectivity index (χ1v) is 9.26. The summed E-state index contributed by atoms with van der Waals surface area (Å²) in [4.78, 5) is 21.6. The molecule has 0 saturated heterocycles. The molecule has 0 aliphatic rings. The van der Waals surface area contributed by atoms with E-state index in [1.54, 1.807) is 6.08 Å². The van der Waals surface area contributed by atoms with Gasteiger partial charge >= 0.3 is 5.97 Å². The normalized spacial score (nSPS) is 11.8. The molecule has 0 heterocycles. The summed E-state index contributed by atoms with van der Waals surface area (Å²) in [5, 5.41) is 22.1. The fraction of sp³-hybridized carbons (Fsp3) is 0.778. The van der Waals surface area contributed by atoms with Gasteiger partial charge in [-0.1, -0.05) is 62.8 Å². The van der Waals surface area contributed by atoms with Gasteiger partial charge < -0.3 is 9.94 Å². The fourth-order valence-corrected chi connectivity index (χ4v) is 2.35. The molecule has 0 aromatic rings. The van der Waals surface area contributed by atoms with Gasteiger partial charge in [0.25, 0.3) is 0 Å². The predicted octanol–water partition coefficient (Wildman–Crippen LogP) is 4.50. The van der Waals surface area contributed by atoms with E-state index in [0.29, 0.717) is 12.8 Å². The van der Waals surface area contributed by atoms with Crippen molar-refractivity contribution in [2.75, 3.05) is 13.2 Å². The number of rotatable bonds is 16. The molecule has 0 aliphatic carbocycles. The van der Waals surface area contributed by atoms with Gasteiger partial charge in [-0.3, -0.25) is 10.1 Å². The second-order valence-electron chi connectivity index (χ2n) is 6.04. The summed E-state index contributed by atoms with van der Waals surface area (Å²) in [6.45, 7) is 2.34. The number of oxime groups is 1. The molecule has 1 N–H and O–H groups in total. The fourth-order valence-electron chi connectivity index (χ4n) is 2.35. The summed E-state index contributed by atoms with van der Waals surface area (Å²) in [5.74, 6) is -0.561. The largest absolute Gasteiger partial charge is 0.457 e. The molecular weight excluding hydrogens is 324 g/mol. The molecule has 0 aromatic carbocycles. The summed E-state index contributed by atoms with van der Waals surface area (Å²) >= 11 is 0. The molecule has 0 aromatic heterocycles. The van der Waals surface area contributed by atoms with E-state index in [0.717, 1.165) is 57.8 Å². The molecule has 7 heteroatoms. The van der Waals surface area contributed by atoms with E-state index in [-0.39, 0.29) is 23.8 Å². The maximum Gasteiger partial charge on any atom is 0.356 e. The van der Waals surface area contributed by atoms with Crippen molar-refractivity contribution in [3.05, 3.63) is 22.3 Å². The molecule has 0 unspecified atom stereocenters. The molecule has 0 rings (SSSR count). The number of unbranched alkanes of at least 4 members (excludes halogenated alkanes) is 8. The van der Waals surface area contributed by atoms with Crippen molar-refractivity contribution in [2.45, 2.75) is 77.6 Å². The van der Waals surface area contributed by atoms with Crippen LogP contribution in [0.5, 0.6) is 0 Å². The summed E-state index contributed by atoms with van der Waals surface area (Å²) < 4.78 is 5.03. The number of carbonyl (C=O) groups is 1. The molecule has 7 nitrogen and oxygen atoms in total. The molecule has 0 radical (unpaired) electrons. The van der Waals surface area contributed by atoms with Crippen LogP contribution < -0.4 is 0 Å². The average Bonchev–Trinajstić information content (AvgIpc) is 2.59. The third kappa shape index (κ3) is 15.4. The van der Waals surface area contributed by atoms with Crippen molar-refractivity contribution < 1.29 is 19.7 Å². The van der Waals surface area contributed by atoms with Crippen LogP contribution in [-0.4, -0.2) is 35.0 Å². The number of nitrogens with zero attached hydrogens (tertiary/aromatic N) is 2. The third-order valence-corrected chi connectivity index (χ3v) is 3.79. The lowest BCUT2D eigenvalue weighted by molar-refractivity contribution is -0.480. The Morgan fingerprint density at radius 1 is 1.08 bits per heavy atom. The number of hydrogen-bond donors (Lipinski definition) is 1. The van der Waals surface area contributed by atoms with Gasteiger partial charge in [0, 0.05) is 17.8 Å². The summed E-state index contributed by atoms with van der Waals surface area (Å²) in [7, 11) is 0.